The van der Waals surface area contributed by atoms with Crippen LogP contribution in [0.2, 0.25) is 0 Å². The van der Waals surface area contributed by atoms with Gasteiger partial charge in [-0.25, -0.2) is 0 Å². The van der Waals surface area contributed by atoms with Crippen LogP contribution in [-0.4, -0.2) is 23.2 Å². The number of amides is 1. The molecule has 9 heteroatoms. The van der Waals surface area contributed by atoms with Crippen LogP contribution < -0.4 is 5.32 Å². The lowest BCUT2D eigenvalue weighted by Crippen LogP contribution is -2.50. The Morgan fingerprint density at radius 1 is 1.41 bits per heavy atom. The summed E-state index contributed by atoms with van der Waals surface area (Å²) in [7, 11) is 0. The predicted molar refractivity (Wildman–Crippen MR) is 44.1 cm³/mol. The highest BCUT2D eigenvalue weighted by Crippen LogP contribution is 2.35. The number of carbonyl (C=O) groups excluding carboxylic acids is 1. The standard InChI is InChI=1S/C8H7F5N2O2/c1-4-2-5(15-17-4)3-14-6(16)7(9,10)8(11,12)13/h2H,3H2,1H3,(H,14,16). The van der Waals surface area contributed by atoms with Gasteiger partial charge in [0.05, 0.1) is 6.54 Å². The fraction of sp³-hybridized carbons (Fsp3) is 0.500. The number of alkyl halides is 5. The Morgan fingerprint density at radius 2 is 2.00 bits per heavy atom. The van der Waals surface area contributed by atoms with Gasteiger partial charge < -0.3 is 9.84 Å². The van der Waals surface area contributed by atoms with Crippen molar-refractivity contribution in [2.75, 3.05) is 0 Å². The van der Waals surface area contributed by atoms with E-state index in [1.165, 1.54) is 18.3 Å². The molecule has 0 saturated heterocycles. The normalized spacial score (nSPS) is 12.6. The molecule has 0 fully saturated rings. The van der Waals surface area contributed by atoms with Crippen molar-refractivity contribution in [2.45, 2.75) is 25.6 Å². The Hall–Kier alpha value is -1.67. The molecule has 1 rings (SSSR count). The molecule has 1 amide bonds. The molecule has 0 bridgehead atoms. The van der Waals surface area contributed by atoms with Crippen LogP contribution in [0.25, 0.3) is 0 Å². The van der Waals surface area contributed by atoms with Gasteiger partial charge in [0, 0.05) is 6.07 Å². The van der Waals surface area contributed by atoms with Gasteiger partial charge in [0.15, 0.2) is 0 Å². The van der Waals surface area contributed by atoms with E-state index >= 15 is 0 Å². The third kappa shape index (κ3) is 2.92. The van der Waals surface area contributed by atoms with Crippen molar-refractivity contribution in [1.29, 1.82) is 0 Å². The lowest BCUT2D eigenvalue weighted by molar-refractivity contribution is -0.269. The largest absolute Gasteiger partial charge is 0.463 e. The highest BCUT2D eigenvalue weighted by molar-refractivity contribution is 5.84. The van der Waals surface area contributed by atoms with Crippen molar-refractivity contribution < 1.29 is 31.3 Å². The number of aryl methyl sites for hydroxylation is 1. The van der Waals surface area contributed by atoms with Gasteiger partial charge in [-0.3, -0.25) is 4.79 Å². The summed E-state index contributed by atoms with van der Waals surface area (Å²) in [5, 5.41) is 4.74. The Bertz CT molecular complexity index is 412. The first kappa shape index (κ1) is 13.4. The molecule has 0 atom stereocenters. The summed E-state index contributed by atoms with van der Waals surface area (Å²) in [6.07, 6.45) is -5.92. The minimum absolute atomic E-state index is 0.0498. The molecule has 0 radical (unpaired) electrons. The van der Waals surface area contributed by atoms with E-state index in [1.807, 2.05) is 0 Å². The smallest absolute Gasteiger partial charge is 0.361 e. The fourth-order valence-electron chi connectivity index (χ4n) is 0.912. The van der Waals surface area contributed by atoms with Gasteiger partial charge >= 0.3 is 18.0 Å². The molecule has 0 saturated carbocycles. The van der Waals surface area contributed by atoms with E-state index in [0.717, 1.165) is 0 Å². The lowest BCUT2D eigenvalue weighted by Gasteiger charge is -2.18. The second-order valence-corrected chi connectivity index (χ2v) is 3.18. The molecule has 4 nitrogen and oxygen atoms in total. The lowest BCUT2D eigenvalue weighted by atomic mass is 10.3. The highest BCUT2D eigenvalue weighted by Gasteiger charge is 2.63. The van der Waals surface area contributed by atoms with Crippen LogP contribution in [-0.2, 0) is 11.3 Å². The van der Waals surface area contributed by atoms with E-state index in [9.17, 15) is 26.7 Å². The topological polar surface area (TPSA) is 55.1 Å². The van der Waals surface area contributed by atoms with E-state index in [4.69, 9.17) is 0 Å². The fourth-order valence-corrected chi connectivity index (χ4v) is 0.912. The summed E-state index contributed by atoms with van der Waals surface area (Å²) >= 11 is 0. The molecule has 0 aliphatic rings. The van der Waals surface area contributed by atoms with Crippen molar-refractivity contribution in [1.82, 2.24) is 10.5 Å². The molecule has 1 aromatic rings. The second-order valence-electron chi connectivity index (χ2n) is 3.18. The molecular weight excluding hydrogens is 251 g/mol. The molecule has 0 aliphatic heterocycles. The van der Waals surface area contributed by atoms with Crippen molar-refractivity contribution in [3.63, 3.8) is 0 Å². The molecule has 1 N–H and O–H groups in total. The zero-order chi connectivity index (χ0) is 13.3. The number of carbonyl (C=O) groups is 1. The molecule has 0 spiro atoms. The van der Waals surface area contributed by atoms with E-state index < -0.39 is 24.6 Å². The summed E-state index contributed by atoms with van der Waals surface area (Å²) in [4.78, 5) is 10.7. The Balaban J connectivity index is 2.61. The van der Waals surface area contributed by atoms with Crippen LogP contribution in [0.4, 0.5) is 22.0 Å². The SMILES string of the molecule is Cc1cc(CNC(=O)C(F)(F)C(F)(F)F)no1. The Morgan fingerprint density at radius 3 is 2.41 bits per heavy atom. The minimum atomic E-state index is -5.92. The van der Waals surface area contributed by atoms with Crippen molar-refractivity contribution in [3.8, 4) is 0 Å². The van der Waals surface area contributed by atoms with E-state index in [1.54, 1.807) is 0 Å². The molecule has 0 aliphatic carbocycles. The van der Waals surface area contributed by atoms with Crippen LogP contribution in [0.5, 0.6) is 0 Å². The maximum Gasteiger partial charge on any atom is 0.463 e. The molecule has 1 heterocycles. The van der Waals surface area contributed by atoms with Gasteiger partial charge in [0.1, 0.15) is 11.5 Å². The van der Waals surface area contributed by atoms with Crippen LogP contribution in [0.3, 0.4) is 0 Å². The van der Waals surface area contributed by atoms with E-state index in [0.29, 0.717) is 5.76 Å². The molecule has 96 valence electrons. The summed E-state index contributed by atoms with van der Waals surface area (Å²) in [6.45, 7) is 0.935. The summed E-state index contributed by atoms with van der Waals surface area (Å²) in [5.74, 6) is -7.51. The van der Waals surface area contributed by atoms with Crippen LogP contribution >= 0.6 is 0 Å². The molecule has 1 aromatic heterocycles. The average Bonchev–Trinajstić information content (AvgIpc) is 2.58. The zero-order valence-corrected chi connectivity index (χ0v) is 8.44. The monoisotopic (exact) mass is 258 g/mol. The first-order valence-corrected chi connectivity index (χ1v) is 4.29. The predicted octanol–water partition coefficient (Wildman–Crippen LogP) is 1.80. The zero-order valence-electron chi connectivity index (χ0n) is 8.44. The van der Waals surface area contributed by atoms with Gasteiger partial charge in [-0.05, 0) is 6.92 Å². The van der Waals surface area contributed by atoms with Crippen molar-refractivity contribution >= 4 is 5.91 Å². The quantitative estimate of drug-likeness (QED) is 0.841. The van der Waals surface area contributed by atoms with Gasteiger partial charge in [0.2, 0.25) is 0 Å². The second kappa shape index (κ2) is 4.30. The van der Waals surface area contributed by atoms with Crippen LogP contribution in [0.1, 0.15) is 11.5 Å². The molecule has 0 aromatic carbocycles. The van der Waals surface area contributed by atoms with E-state index in [2.05, 4.69) is 9.68 Å². The van der Waals surface area contributed by atoms with Gasteiger partial charge in [-0.1, -0.05) is 5.16 Å². The number of halogens is 5. The summed E-state index contributed by atoms with van der Waals surface area (Å²) in [6, 6.07) is 1.30. The summed E-state index contributed by atoms with van der Waals surface area (Å²) in [5.41, 5.74) is 0.0498. The number of nitrogens with zero attached hydrogens (tertiary/aromatic N) is 1. The summed E-state index contributed by atoms with van der Waals surface area (Å²) < 4.78 is 64.7. The maximum atomic E-state index is 12.5. The molecule has 0 unspecified atom stereocenters. The van der Waals surface area contributed by atoms with Gasteiger partial charge in [-0.15, -0.1) is 0 Å². The Labute approximate surface area is 91.8 Å². The van der Waals surface area contributed by atoms with Gasteiger partial charge in [-0.2, -0.15) is 22.0 Å². The number of aromatic nitrogens is 1. The first-order chi connectivity index (χ1) is 7.64. The first-order valence-electron chi connectivity index (χ1n) is 4.29. The molecule has 17 heavy (non-hydrogen) atoms. The third-order valence-electron chi connectivity index (χ3n) is 1.75. The number of hydrogen-bond donors (Lipinski definition) is 1. The third-order valence-corrected chi connectivity index (χ3v) is 1.75. The van der Waals surface area contributed by atoms with Crippen molar-refractivity contribution in [2.24, 2.45) is 0 Å². The highest BCUT2D eigenvalue weighted by atomic mass is 19.4. The number of rotatable bonds is 3. The maximum absolute atomic E-state index is 12.5. The Kier molecular flexibility index (Phi) is 3.39. The number of hydrogen-bond acceptors (Lipinski definition) is 3. The molecular formula is C8H7F5N2O2. The van der Waals surface area contributed by atoms with Gasteiger partial charge in [0.25, 0.3) is 0 Å². The van der Waals surface area contributed by atoms with Crippen molar-refractivity contribution in [3.05, 3.63) is 17.5 Å². The average molecular weight is 258 g/mol. The van der Waals surface area contributed by atoms with Crippen LogP contribution in [0, 0.1) is 6.92 Å². The minimum Gasteiger partial charge on any atom is -0.361 e. The van der Waals surface area contributed by atoms with E-state index in [-0.39, 0.29) is 5.69 Å². The number of nitrogens with one attached hydrogen (secondary N) is 1. The van der Waals surface area contributed by atoms with Crippen LogP contribution in [0.15, 0.2) is 10.6 Å².